The number of ether oxygens (including phenoxy) is 1. The fourth-order valence-electron chi connectivity index (χ4n) is 6.86. The van der Waals surface area contributed by atoms with Gasteiger partial charge in [-0.05, 0) is 61.0 Å². The monoisotopic (exact) mass is 859 g/mol. The molecule has 332 valence electrons. The lowest BCUT2D eigenvalue weighted by atomic mass is 9.96. The van der Waals surface area contributed by atoms with Crippen LogP contribution < -0.4 is 48.1 Å². The largest absolute Gasteiger partial charge is 0.497 e. The van der Waals surface area contributed by atoms with Crippen LogP contribution in [0.2, 0.25) is 0 Å². The van der Waals surface area contributed by atoms with E-state index < -0.39 is 108 Å². The number of carbonyl (C=O) groups excluding carboxylic acids is 9. The van der Waals surface area contributed by atoms with Crippen LogP contribution in [-0.4, -0.2) is 126 Å². The molecular weight excluding hydrogens is 799 g/mol. The Morgan fingerprint density at radius 2 is 1.58 bits per heavy atom. The minimum Gasteiger partial charge on any atom is -0.497 e. The number of amides is 9. The van der Waals surface area contributed by atoms with Crippen LogP contribution in [0.25, 0.3) is 0 Å². The molecule has 3 rings (SSSR count). The first-order valence-electron chi connectivity index (χ1n) is 20.3. The number of benzene rings is 1. The molecule has 19 nitrogen and oxygen atoms in total. The second-order valence-electron chi connectivity index (χ2n) is 15.6. The van der Waals surface area contributed by atoms with Crippen molar-refractivity contribution in [2.75, 3.05) is 31.7 Å². The van der Waals surface area contributed by atoms with Gasteiger partial charge >= 0.3 is 0 Å². The van der Waals surface area contributed by atoms with E-state index in [4.69, 9.17) is 16.2 Å². The first kappa shape index (κ1) is 49.0. The molecule has 60 heavy (non-hydrogen) atoms. The summed E-state index contributed by atoms with van der Waals surface area (Å²) in [5, 5.41) is 15.9. The molecule has 0 unspecified atom stereocenters. The van der Waals surface area contributed by atoms with E-state index >= 15 is 0 Å². The molecule has 9 amide bonds. The summed E-state index contributed by atoms with van der Waals surface area (Å²) in [5.74, 6) is -5.75. The lowest BCUT2D eigenvalue weighted by Crippen LogP contribution is -2.61. The Morgan fingerprint density at radius 1 is 0.900 bits per heavy atom. The van der Waals surface area contributed by atoms with Crippen molar-refractivity contribution >= 4 is 64.9 Å². The maximum atomic E-state index is 14.3. The molecule has 2 fully saturated rings. The van der Waals surface area contributed by atoms with Crippen LogP contribution in [0.15, 0.2) is 24.3 Å². The number of nitrogens with one attached hydrogen (secondary N) is 6. The van der Waals surface area contributed by atoms with E-state index in [2.05, 4.69) is 31.9 Å². The Hall–Kier alpha value is -5.40. The predicted octanol–water partition coefficient (Wildman–Crippen LogP) is -1.25. The molecule has 2 saturated heterocycles. The minimum atomic E-state index is -1.54. The van der Waals surface area contributed by atoms with Gasteiger partial charge in [0.05, 0.1) is 20.1 Å². The molecule has 0 radical (unpaired) electrons. The van der Waals surface area contributed by atoms with Crippen LogP contribution in [0.1, 0.15) is 78.2 Å². The zero-order chi connectivity index (χ0) is 44.5. The standard InChI is InChI=1S/C40H61N9O10S/c1-6-23(4)34-39(57)46-28(19-31(41)50)36(54)47-29(21-60-16-8-10-33(52)44-27(37(55)48-34)18-24-11-13-25(59-5)14-12-24)40(58)49-15-7-9-30(49)38(56)45-26(17-22(2)3)35(53)43-20-32(42)51/h11-14,22-23,26-30,34H,6-10,15-21H2,1-5H3,(H2,41,50)(H2,42,51)(H,43,53)(H,44,52)(H,45,56)(H,46,57)(H,47,54)(H,48,55)/t23-,26-,27-,28-,29-,30-,34-/m0/s1. The third-order valence-corrected chi connectivity index (χ3v) is 11.4. The van der Waals surface area contributed by atoms with Crippen LogP contribution in [0.5, 0.6) is 5.75 Å². The van der Waals surface area contributed by atoms with E-state index in [-0.39, 0.29) is 43.9 Å². The van der Waals surface area contributed by atoms with Gasteiger partial charge in [0.15, 0.2) is 0 Å². The van der Waals surface area contributed by atoms with Gasteiger partial charge in [-0.2, -0.15) is 11.8 Å². The Bertz CT molecular complexity index is 1710. The smallest absolute Gasteiger partial charge is 0.246 e. The Kier molecular flexibility index (Phi) is 19.6. The summed E-state index contributed by atoms with van der Waals surface area (Å²) >= 11 is 1.26. The normalized spacial score (nSPS) is 23.2. The quantitative estimate of drug-likeness (QED) is 0.103. The lowest BCUT2D eigenvalue weighted by Gasteiger charge is -2.31. The fourth-order valence-corrected chi connectivity index (χ4v) is 7.83. The average molecular weight is 860 g/mol. The molecule has 2 aliphatic rings. The zero-order valence-electron chi connectivity index (χ0n) is 35.0. The van der Waals surface area contributed by atoms with Gasteiger partial charge in [0.2, 0.25) is 53.2 Å². The molecule has 10 N–H and O–H groups in total. The molecule has 0 aromatic heterocycles. The number of carbonyl (C=O) groups is 9. The number of nitrogens with zero attached hydrogens (tertiary/aromatic N) is 1. The number of thioether (sulfide) groups is 1. The molecule has 0 bridgehead atoms. The van der Waals surface area contributed by atoms with Gasteiger partial charge in [0.25, 0.3) is 0 Å². The molecule has 2 aliphatic heterocycles. The van der Waals surface area contributed by atoms with Crippen molar-refractivity contribution < 1.29 is 47.9 Å². The van der Waals surface area contributed by atoms with Crippen LogP contribution in [0.3, 0.4) is 0 Å². The summed E-state index contributed by atoms with van der Waals surface area (Å²) in [6.45, 7) is 6.97. The van der Waals surface area contributed by atoms with Gasteiger partial charge < -0.3 is 53.0 Å². The van der Waals surface area contributed by atoms with Gasteiger partial charge in [-0.1, -0.05) is 46.2 Å². The summed E-state index contributed by atoms with van der Waals surface area (Å²) in [7, 11) is 1.52. The van der Waals surface area contributed by atoms with E-state index in [1.807, 2.05) is 13.8 Å². The van der Waals surface area contributed by atoms with Crippen molar-refractivity contribution in [2.24, 2.45) is 23.3 Å². The number of likely N-dealkylation sites (tertiary alicyclic amines) is 1. The molecule has 0 saturated carbocycles. The van der Waals surface area contributed by atoms with Crippen LogP contribution in [0, 0.1) is 11.8 Å². The van der Waals surface area contributed by atoms with Gasteiger partial charge in [-0.3, -0.25) is 43.2 Å². The average Bonchev–Trinajstić information content (AvgIpc) is 3.70. The van der Waals surface area contributed by atoms with Crippen molar-refractivity contribution in [3.63, 3.8) is 0 Å². The molecule has 0 spiro atoms. The predicted molar refractivity (Wildman–Crippen MR) is 223 cm³/mol. The van der Waals surface area contributed by atoms with Gasteiger partial charge in [0, 0.05) is 25.1 Å². The Morgan fingerprint density at radius 3 is 2.20 bits per heavy atom. The number of methoxy groups -OCH3 is 1. The summed E-state index contributed by atoms with van der Waals surface area (Å²) in [5.41, 5.74) is 11.4. The van der Waals surface area contributed by atoms with Gasteiger partial charge in [-0.25, -0.2) is 0 Å². The Labute approximate surface area is 354 Å². The van der Waals surface area contributed by atoms with E-state index in [1.54, 1.807) is 38.1 Å². The highest BCUT2D eigenvalue weighted by Crippen LogP contribution is 2.22. The highest BCUT2D eigenvalue weighted by molar-refractivity contribution is 7.99. The second-order valence-corrected chi connectivity index (χ2v) is 16.7. The van der Waals surface area contributed by atoms with Crippen molar-refractivity contribution in [1.29, 1.82) is 0 Å². The summed E-state index contributed by atoms with van der Waals surface area (Å²) < 4.78 is 5.23. The topological polar surface area (TPSA) is 290 Å². The van der Waals surface area contributed by atoms with Crippen molar-refractivity contribution in [2.45, 2.75) is 115 Å². The maximum absolute atomic E-state index is 14.3. The Balaban J connectivity index is 1.91. The molecule has 2 heterocycles. The van der Waals surface area contributed by atoms with E-state index in [1.165, 1.54) is 23.8 Å². The van der Waals surface area contributed by atoms with E-state index in [0.29, 0.717) is 30.8 Å². The number of nitrogens with two attached hydrogens (primary N) is 2. The molecule has 1 aromatic carbocycles. The zero-order valence-corrected chi connectivity index (χ0v) is 35.8. The van der Waals surface area contributed by atoms with Crippen LogP contribution in [-0.2, 0) is 49.6 Å². The number of hydrogen-bond acceptors (Lipinski definition) is 11. The van der Waals surface area contributed by atoms with E-state index in [9.17, 15) is 43.2 Å². The van der Waals surface area contributed by atoms with E-state index in [0.717, 1.165) is 5.56 Å². The maximum Gasteiger partial charge on any atom is 0.246 e. The van der Waals surface area contributed by atoms with Crippen LogP contribution >= 0.6 is 11.8 Å². The molecule has 20 heteroatoms. The van der Waals surface area contributed by atoms with Gasteiger partial charge in [-0.15, -0.1) is 0 Å². The number of primary amides is 2. The number of hydrogen-bond donors (Lipinski definition) is 8. The molecule has 1 aromatic rings. The third-order valence-electron chi connectivity index (χ3n) is 10.3. The summed E-state index contributed by atoms with van der Waals surface area (Å²) in [6.07, 6.45) is 1.20. The first-order chi connectivity index (χ1) is 28.4. The summed E-state index contributed by atoms with van der Waals surface area (Å²) in [6, 6.07) is -0.131. The van der Waals surface area contributed by atoms with Gasteiger partial charge in [0.1, 0.15) is 42.0 Å². The summed E-state index contributed by atoms with van der Waals surface area (Å²) in [4.78, 5) is 121. The van der Waals surface area contributed by atoms with Crippen molar-refractivity contribution in [3.05, 3.63) is 29.8 Å². The first-order valence-corrected chi connectivity index (χ1v) is 21.5. The van der Waals surface area contributed by atoms with Crippen molar-refractivity contribution in [1.82, 2.24) is 36.8 Å². The highest BCUT2D eigenvalue weighted by Gasteiger charge is 2.40. The number of rotatable bonds is 15. The molecular formula is C40H61N9O10S. The molecule has 7 atom stereocenters. The fraction of sp³-hybridized carbons (Fsp3) is 0.625. The third kappa shape index (κ3) is 15.3. The minimum absolute atomic E-state index is 0.00457. The molecule has 0 aliphatic carbocycles. The lowest BCUT2D eigenvalue weighted by molar-refractivity contribution is -0.142. The van der Waals surface area contributed by atoms with Crippen molar-refractivity contribution in [3.8, 4) is 5.75 Å². The second kappa shape index (κ2) is 24.0. The highest BCUT2D eigenvalue weighted by atomic mass is 32.2. The van der Waals surface area contributed by atoms with Crippen LogP contribution in [0.4, 0.5) is 0 Å². The SMILES string of the molecule is CC[C@H](C)[C@@H]1NC(=O)[C@H](Cc2ccc(OC)cc2)NC(=O)CCCSC[C@@H](C(=O)N2CCC[C@H]2C(=O)N[C@@H](CC(C)C)C(=O)NCC(N)=O)NC(=O)[C@H](CC(N)=O)NC1=O.